The highest BCUT2D eigenvalue weighted by Crippen LogP contribution is 2.33. The van der Waals surface area contributed by atoms with Crippen molar-refractivity contribution in [3.63, 3.8) is 0 Å². The monoisotopic (exact) mass is 372 g/mol. The number of aryl methyl sites for hydroxylation is 1. The van der Waals surface area contributed by atoms with Crippen molar-refractivity contribution in [1.82, 2.24) is 10.2 Å². The molecule has 1 aromatic carbocycles. The van der Waals surface area contributed by atoms with Gasteiger partial charge in [0.1, 0.15) is 12.4 Å². The molecule has 2 heterocycles. The summed E-state index contributed by atoms with van der Waals surface area (Å²) < 4.78 is 6.07. The second-order valence-corrected chi connectivity index (χ2v) is 7.97. The number of rotatable bonds is 7. The van der Waals surface area contributed by atoms with Gasteiger partial charge in [0, 0.05) is 17.5 Å². The standard InChI is InChI=1S/C21H28N2O2S/c1-4-16(3)22-13-21(24)23-10-8-20-18(9-11-26-20)19(23)14-25-17-7-5-6-15(2)12-17/h5-7,9,11-12,16,19,22H,4,8,10,13-14H2,1-3H3. The maximum atomic E-state index is 12.8. The fraction of sp³-hybridized carbons (Fsp3) is 0.476. The molecule has 5 heteroatoms. The average molecular weight is 373 g/mol. The van der Waals surface area contributed by atoms with E-state index in [2.05, 4.69) is 43.6 Å². The van der Waals surface area contributed by atoms with E-state index in [0.29, 0.717) is 19.2 Å². The van der Waals surface area contributed by atoms with Crippen LogP contribution in [0.15, 0.2) is 35.7 Å². The second kappa shape index (κ2) is 8.69. The van der Waals surface area contributed by atoms with Crippen molar-refractivity contribution >= 4 is 17.2 Å². The number of nitrogens with zero attached hydrogens (tertiary/aromatic N) is 1. The molecule has 1 aromatic heterocycles. The SMILES string of the molecule is CCC(C)NCC(=O)N1CCc2sccc2C1COc1cccc(C)c1. The lowest BCUT2D eigenvalue weighted by Crippen LogP contribution is -2.46. The number of carbonyl (C=O) groups excluding carboxylic acids is 1. The molecule has 0 bridgehead atoms. The highest BCUT2D eigenvalue weighted by Gasteiger charge is 2.32. The van der Waals surface area contributed by atoms with E-state index >= 15 is 0 Å². The van der Waals surface area contributed by atoms with Crippen molar-refractivity contribution in [1.29, 1.82) is 0 Å². The Kier molecular flexibility index (Phi) is 6.33. The fourth-order valence-corrected chi connectivity index (χ4v) is 4.19. The minimum atomic E-state index is -0.0169. The van der Waals surface area contributed by atoms with Crippen molar-refractivity contribution in [3.05, 3.63) is 51.7 Å². The smallest absolute Gasteiger partial charge is 0.237 e. The molecule has 2 atom stereocenters. The number of ether oxygens (including phenoxy) is 1. The first kappa shape index (κ1) is 18.9. The molecule has 26 heavy (non-hydrogen) atoms. The van der Waals surface area contributed by atoms with Gasteiger partial charge in [-0.25, -0.2) is 0 Å². The first-order chi connectivity index (χ1) is 12.6. The summed E-state index contributed by atoms with van der Waals surface area (Å²) in [5, 5.41) is 5.44. The van der Waals surface area contributed by atoms with Crippen LogP contribution in [0.4, 0.5) is 0 Å². The van der Waals surface area contributed by atoms with Gasteiger partial charge in [-0.2, -0.15) is 0 Å². The average Bonchev–Trinajstić information content (AvgIpc) is 3.12. The molecular formula is C21H28N2O2S. The van der Waals surface area contributed by atoms with E-state index in [1.54, 1.807) is 11.3 Å². The lowest BCUT2D eigenvalue weighted by Gasteiger charge is -2.36. The highest BCUT2D eigenvalue weighted by molar-refractivity contribution is 7.10. The van der Waals surface area contributed by atoms with Crippen LogP contribution in [0.3, 0.4) is 0 Å². The number of hydrogen-bond acceptors (Lipinski definition) is 4. The zero-order valence-corrected chi connectivity index (χ0v) is 16.6. The van der Waals surface area contributed by atoms with Gasteiger partial charge in [0.25, 0.3) is 0 Å². The summed E-state index contributed by atoms with van der Waals surface area (Å²) in [6.07, 6.45) is 1.95. The van der Waals surface area contributed by atoms with E-state index in [4.69, 9.17) is 4.74 Å². The summed E-state index contributed by atoms with van der Waals surface area (Å²) in [6.45, 7) is 7.92. The van der Waals surface area contributed by atoms with Crippen LogP contribution >= 0.6 is 11.3 Å². The molecule has 0 saturated heterocycles. The van der Waals surface area contributed by atoms with Crippen LogP contribution in [-0.2, 0) is 11.2 Å². The lowest BCUT2D eigenvalue weighted by molar-refractivity contribution is -0.134. The first-order valence-electron chi connectivity index (χ1n) is 9.37. The molecule has 1 N–H and O–H groups in total. The molecule has 0 spiro atoms. The third-order valence-electron chi connectivity index (χ3n) is 5.03. The molecule has 1 aliphatic heterocycles. The highest BCUT2D eigenvalue weighted by atomic mass is 32.1. The molecule has 140 valence electrons. The van der Waals surface area contributed by atoms with Gasteiger partial charge in [-0.05, 0) is 61.4 Å². The zero-order chi connectivity index (χ0) is 18.5. The summed E-state index contributed by atoms with van der Waals surface area (Å²) in [6, 6.07) is 10.5. The Morgan fingerprint density at radius 3 is 3.04 bits per heavy atom. The third kappa shape index (κ3) is 4.46. The Bertz CT molecular complexity index is 743. The molecule has 4 nitrogen and oxygen atoms in total. The van der Waals surface area contributed by atoms with Crippen LogP contribution in [-0.4, -0.2) is 36.5 Å². The topological polar surface area (TPSA) is 41.6 Å². The van der Waals surface area contributed by atoms with Crippen molar-refractivity contribution in [2.24, 2.45) is 0 Å². The molecule has 2 aromatic rings. The largest absolute Gasteiger partial charge is 0.491 e. The number of fused-ring (bicyclic) bond motifs is 1. The van der Waals surface area contributed by atoms with Gasteiger partial charge in [-0.1, -0.05) is 19.1 Å². The van der Waals surface area contributed by atoms with Gasteiger partial charge < -0.3 is 15.0 Å². The van der Waals surface area contributed by atoms with Crippen molar-refractivity contribution < 1.29 is 9.53 Å². The minimum Gasteiger partial charge on any atom is -0.491 e. The number of carbonyl (C=O) groups is 1. The summed E-state index contributed by atoms with van der Waals surface area (Å²) in [4.78, 5) is 16.2. The Balaban J connectivity index is 1.72. The molecule has 0 aliphatic carbocycles. The third-order valence-corrected chi connectivity index (χ3v) is 6.02. The first-order valence-corrected chi connectivity index (χ1v) is 10.2. The maximum absolute atomic E-state index is 12.8. The Hall–Kier alpha value is -1.85. The summed E-state index contributed by atoms with van der Waals surface area (Å²) in [5.41, 5.74) is 2.42. The Morgan fingerprint density at radius 2 is 2.27 bits per heavy atom. The summed E-state index contributed by atoms with van der Waals surface area (Å²) in [7, 11) is 0. The molecule has 0 saturated carbocycles. The Morgan fingerprint density at radius 1 is 1.42 bits per heavy atom. The van der Waals surface area contributed by atoms with Gasteiger partial charge in [-0.3, -0.25) is 4.79 Å². The molecule has 1 aliphatic rings. The van der Waals surface area contributed by atoms with Gasteiger partial charge in [0.05, 0.1) is 12.6 Å². The van der Waals surface area contributed by atoms with Crippen molar-refractivity contribution in [2.75, 3.05) is 19.7 Å². The molecule has 3 rings (SSSR count). The minimum absolute atomic E-state index is 0.0169. The van der Waals surface area contributed by atoms with Crippen molar-refractivity contribution in [3.8, 4) is 5.75 Å². The van der Waals surface area contributed by atoms with E-state index in [-0.39, 0.29) is 11.9 Å². The van der Waals surface area contributed by atoms with E-state index < -0.39 is 0 Å². The van der Waals surface area contributed by atoms with Gasteiger partial charge in [0.2, 0.25) is 5.91 Å². The predicted molar refractivity (Wildman–Crippen MR) is 107 cm³/mol. The molecule has 2 unspecified atom stereocenters. The summed E-state index contributed by atoms with van der Waals surface area (Å²) in [5.74, 6) is 1.01. The van der Waals surface area contributed by atoms with Crippen LogP contribution in [0.1, 0.15) is 42.3 Å². The molecular weight excluding hydrogens is 344 g/mol. The number of benzene rings is 1. The van der Waals surface area contributed by atoms with Crippen LogP contribution < -0.4 is 10.1 Å². The van der Waals surface area contributed by atoms with E-state index in [0.717, 1.165) is 25.1 Å². The number of hydrogen-bond donors (Lipinski definition) is 1. The molecule has 0 radical (unpaired) electrons. The number of nitrogens with one attached hydrogen (secondary N) is 1. The van der Waals surface area contributed by atoms with Crippen LogP contribution in [0.25, 0.3) is 0 Å². The molecule has 0 fully saturated rings. The van der Waals surface area contributed by atoms with Crippen LogP contribution in [0, 0.1) is 6.92 Å². The van der Waals surface area contributed by atoms with E-state index in [1.165, 1.54) is 16.0 Å². The summed E-state index contributed by atoms with van der Waals surface area (Å²) >= 11 is 1.78. The quantitative estimate of drug-likeness (QED) is 0.800. The number of amides is 1. The maximum Gasteiger partial charge on any atom is 0.237 e. The van der Waals surface area contributed by atoms with Gasteiger partial charge in [0.15, 0.2) is 0 Å². The van der Waals surface area contributed by atoms with Gasteiger partial charge in [-0.15, -0.1) is 11.3 Å². The molecule has 1 amide bonds. The normalized spacial score (nSPS) is 17.7. The van der Waals surface area contributed by atoms with E-state index in [9.17, 15) is 4.79 Å². The zero-order valence-electron chi connectivity index (χ0n) is 15.8. The number of thiophene rings is 1. The van der Waals surface area contributed by atoms with E-state index in [1.807, 2.05) is 23.1 Å². The second-order valence-electron chi connectivity index (χ2n) is 6.97. The van der Waals surface area contributed by atoms with Crippen LogP contribution in [0.2, 0.25) is 0 Å². The predicted octanol–water partition coefficient (Wildman–Crippen LogP) is 3.95. The lowest BCUT2D eigenvalue weighted by atomic mass is 10.0. The van der Waals surface area contributed by atoms with Crippen molar-refractivity contribution in [2.45, 2.75) is 45.7 Å². The van der Waals surface area contributed by atoms with Crippen LogP contribution in [0.5, 0.6) is 5.75 Å². The van der Waals surface area contributed by atoms with Gasteiger partial charge >= 0.3 is 0 Å². The Labute approximate surface area is 160 Å². The fourth-order valence-electron chi connectivity index (χ4n) is 3.26.